The van der Waals surface area contributed by atoms with Crippen LogP contribution in [0.1, 0.15) is 56.3 Å². The van der Waals surface area contributed by atoms with Crippen molar-refractivity contribution in [1.82, 2.24) is 9.66 Å². The van der Waals surface area contributed by atoms with Crippen molar-refractivity contribution in [2.75, 3.05) is 13.2 Å². The summed E-state index contributed by atoms with van der Waals surface area (Å²) in [6, 6.07) is 9.36. The fraction of sp³-hybridized carbons (Fsp3) is 0.346. The Balaban J connectivity index is 1.80. The fourth-order valence-corrected chi connectivity index (χ4v) is 5.35. The van der Waals surface area contributed by atoms with Gasteiger partial charge in [-0.15, -0.1) is 6.42 Å². The molecule has 3 aromatic rings. The summed E-state index contributed by atoms with van der Waals surface area (Å²) in [5.41, 5.74) is 1.32. The largest absolute Gasteiger partial charge is 0.490 e. The molecule has 0 atom stereocenters. The molecule has 0 spiro atoms. The minimum absolute atomic E-state index is 0.155. The monoisotopic (exact) mass is 633 g/mol. The van der Waals surface area contributed by atoms with Crippen molar-refractivity contribution in [3.8, 4) is 23.8 Å². The summed E-state index contributed by atoms with van der Waals surface area (Å²) in [6.07, 6.45) is 12.5. The molecule has 6 nitrogen and oxygen atoms in total. The average molecular weight is 634 g/mol. The molecule has 0 N–H and O–H groups in total. The first-order valence-corrected chi connectivity index (χ1v) is 13.2. The predicted molar refractivity (Wildman–Crippen MR) is 147 cm³/mol. The normalized spacial score (nSPS) is 14.4. The van der Waals surface area contributed by atoms with E-state index in [-0.39, 0.29) is 18.1 Å². The van der Waals surface area contributed by atoms with Gasteiger partial charge in [0.25, 0.3) is 5.56 Å². The van der Waals surface area contributed by atoms with Crippen molar-refractivity contribution < 1.29 is 9.47 Å². The van der Waals surface area contributed by atoms with Crippen LogP contribution in [0.2, 0.25) is 0 Å². The second-order valence-electron chi connectivity index (χ2n) is 8.08. The predicted octanol–water partition coefficient (Wildman–Crippen LogP) is 6.10. The number of terminal acetylenes is 1. The Bertz CT molecular complexity index is 1320. The van der Waals surface area contributed by atoms with E-state index in [1.807, 2.05) is 31.2 Å². The van der Waals surface area contributed by atoms with Gasteiger partial charge in [-0.1, -0.05) is 41.1 Å². The van der Waals surface area contributed by atoms with Crippen LogP contribution in [0.3, 0.4) is 0 Å². The third kappa shape index (κ3) is 5.47. The molecule has 4 rings (SSSR count). The van der Waals surface area contributed by atoms with Crippen LogP contribution in [0.25, 0.3) is 10.9 Å². The molecule has 0 bridgehead atoms. The van der Waals surface area contributed by atoms with Gasteiger partial charge in [0.15, 0.2) is 11.5 Å². The zero-order valence-electron chi connectivity index (χ0n) is 18.9. The zero-order chi connectivity index (χ0) is 24.1. The number of nitrogens with zero attached hydrogens (tertiary/aromatic N) is 3. The molecule has 0 aliphatic heterocycles. The minimum atomic E-state index is -0.170. The van der Waals surface area contributed by atoms with E-state index in [0.29, 0.717) is 29.0 Å². The third-order valence-corrected chi connectivity index (χ3v) is 7.05. The molecular weight excluding hydrogens is 609 g/mol. The highest BCUT2D eigenvalue weighted by molar-refractivity contribution is 14.1. The van der Waals surface area contributed by atoms with E-state index in [1.54, 1.807) is 12.3 Å². The highest BCUT2D eigenvalue weighted by Gasteiger charge is 2.22. The first-order chi connectivity index (χ1) is 16.5. The Hall–Kier alpha value is -2.38. The van der Waals surface area contributed by atoms with Crippen LogP contribution >= 0.6 is 38.5 Å². The quantitative estimate of drug-likeness (QED) is 0.179. The SMILES string of the molecule is C#CCOc1c(I)cc(C=Nn2c(C3CCCCC3)nc3ccc(Br)cc3c2=O)cc1OCC. The molecule has 1 fully saturated rings. The van der Waals surface area contributed by atoms with Crippen LogP contribution in [0.4, 0.5) is 0 Å². The number of hydrogen-bond donors (Lipinski definition) is 0. The van der Waals surface area contributed by atoms with E-state index in [0.717, 1.165) is 45.1 Å². The Kier molecular flexibility index (Phi) is 8.27. The van der Waals surface area contributed by atoms with Gasteiger partial charge in [-0.2, -0.15) is 9.78 Å². The van der Waals surface area contributed by atoms with Gasteiger partial charge in [0.05, 0.1) is 27.3 Å². The Labute approximate surface area is 221 Å². The van der Waals surface area contributed by atoms with Crippen molar-refractivity contribution in [1.29, 1.82) is 0 Å². The number of halogens is 2. The second kappa shape index (κ2) is 11.4. The van der Waals surface area contributed by atoms with E-state index < -0.39 is 0 Å². The summed E-state index contributed by atoms with van der Waals surface area (Å²) >= 11 is 5.65. The van der Waals surface area contributed by atoms with Crippen molar-refractivity contribution >= 4 is 55.6 Å². The van der Waals surface area contributed by atoms with Gasteiger partial charge < -0.3 is 9.47 Å². The standard InChI is InChI=1S/C26H25BrIN3O3/c1-3-12-34-24-21(28)13-17(14-23(24)33-4-2)16-29-31-25(18-8-6-5-7-9-18)30-22-11-10-19(27)15-20(22)26(31)32/h1,10-11,13-16,18H,4-9,12H2,2H3. The maximum absolute atomic E-state index is 13.5. The molecule has 176 valence electrons. The van der Waals surface area contributed by atoms with Crippen molar-refractivity contribution in [3.05, 3.63) is 60.1 Å². The van der Waals surface area contributed by atoms with Gasteiger partial charge in [0, 0.05) is 10.4 Å². The molecule has 2 aromatic carbocycles. The molecular formula is C26H25BrIN3O3. The summed E-state index contributed by atoms with van der Waals surface area (Å²) in [6.45, 7) is 2.55. The van der Waals surface area contributed by atoms with E-state index in [9.17, 15) is 4.79 Å². The molecule has 1 aliphatic rings. The Morgan fingerprint density at radius 1 is 1.26 bits per heavy atom. The molecule has 34 heavy (non-hydrogen) atoms. The van der Waals surface area contributed by atoms with Crippen LogP contribution < -0.4 is 15.0 Å². The Morgan fingerprint density at radius 3 is 2.79 bits per heavy atom. The van der Waals surface area contributed by atoms with E-state index in [4.69, 9.17) is 20.9 Å². The van der Waals surface area contributed by atoms with Crippen molar-refractivity contribution in [3.63, 3.8) is 0 Å². The van der Waals surface area contributed by atoms with Crippen LogP contribution in [0.15, 0.2) is 44.7 Å². The first-order valence-electron chi connectivity index (χ1n) is 11.3. The van der Waals surface area contributed by atoms with Gasteiger partial charge in [-0.3, -0.25) is 4.79 Å². The Morgan fingerprint density at radius 2 is 2.06 bits per heavy atom. The number of hydrogen-bond acceptors (Lipinski definition) is 5. The molecule has 8 heteroatoms. The van der Waals surface area contributed by atoms with Gasteiger partial charge in [-0.05, 0) is 78.3 Å². The van der Waals surface area contributed by atoms with Gasteiger partial charge in [0.1, 0.15) is 12.4 Å². The summed E-state index contributed by atoms with van der Waals surface area (Å²) in [5, 5.41) is 5.17. The lowest BCUT2D eigenvalue weighted by molar-refractivity contribution is 0.298. The second-order valence-corrected chi connectivity index (χ2v) is 10.2. The van der Waals surface area contributed by atoms with Gasteiger partial charge in [-0.25, -0.2) is 4.98 Å². The smallest absolute Gasteiger partial charge is 0.282 e. The summed E-state index contributed by atoms with van der Waals surface area (Å²) in [4.78, 5) is 18.4. The number of benzene rings is 2. The van der Waals surface area contributed by atoms with E-state index in [2.05, 4.69) is 49.5 Å². The van der Waals surface area contributed by atoms with Crippen molar-refractivity contribution in [2.24, 2.45) is 5.10 Å². The first kappa shape index (κ1) is 24.7. The molecule has 1 saturated carbocycles. The van der Waals surface area contributed by atoms with Crippen LogP contribution in [0.5, 0.6) is 11.5 Å². The number of aromatic nitrogens is 2. The van der Waals surface area contributed by atoms with E-state index >= 15 is 0 Å². The molecule has 0 unspecified atom stereocenters. The highest BCUT2D eigenvalue weighted by Crippen LogP contribution is 2.34. The zero-order valence-corrected chi connectivity index (χ0v) is 22.6. The fourth-order valence-electron chi connectivity index (χ4n) is 4.21. The molecule has 1 aromatic heterocycles. The van der Waals surface area contributed by atoms with Gasteiger partial charge in [0.2, 0.25) is 0 Å². The summed E-state index contributed by atoms with van der Waals surface area (Å²) in [7, 11) is 0. The molecule has 0 amide bonds. The van der Waals surface area contributed by atoms with Crippen LogP contribution in [-0.4, -0.2) is 29.1 Å². The molecule has 0 radical (unpaired) electrons. The minimum Gasteiger partial charge on any atom is -0.490 e. The number of fused-ring (bicyclic) bond motifs is 1. The lowest BCUT2D eigenvalue weighted by Crippen LogP contribution is -2.25. The third-order valence-electron chi connectivity index (χ3n) is 5.76. The van der Waals surface area contributed by atoms with E-state index in [1.165, 1.54) is 11.1 Å². The molecule has 1 heterocycles. The molecule has 0 saturated heterocycles. The summed E-state index contributed by atoms with van der Waals surface area (Å²) < 4.78 is 14.6. The lowest BCUT2D eigenvalue weighted by atomic mass is 9.88. The number of rotatable bonds is 7. The average Bonchev–Trinajstić information content (AvgIpc) is 2.84. The highest BCUT2D eigenvalue weighted by atomic mass is 127. The van der Waals surface area contributed by atoms with Crippen molar-refractivity contribution in [2.45, 2.75) is 44.9 Å². The number of ether oxygens (including phenoxy) is 2. The lowest BCUT2D eigenvalue weighted by Gasteiger charge is -2.22. The summed E-state index contributed by atoms with van der Waals surface area (Å²) in [5.74, 6) is 4.62. The molecule has 1 aliphatic carbocycles. The van der Waals surface area contributed by atoms with Crippen LogP contribution in [-0.2, 0) is 0 Å². The topological polar surface area (TPSA) is 65.7 Å². The maximum Gasteiger partial charge on any atom is 0.282 e. The maximum atomic E-state index is 13.5. The van der Waals surface area contributed by atoms with Crippen LogP contribution in [0, 0.1) is 15.9 Å². The van der Waals surface area contributed by atoms with Gasteiger partial charge >= 0.3 is 0 Å².